The Balaban J connectivity index is 1.81. The third kappa shape index (κ3) is 2.89. The summed E-state index contributed by atoms with van der Waals surface area (Å²) in [4.78, 5) is 1.26. The molecule has 0 aromatic heterocycles. The molecule has 2 nitrogen and oxygen atoms in total. The SMILES string of the molecule is COc1ccccc1SCCC1CNC1. The molecular formula is C12H17NOS. The molecule has 1 fully saturated rings. The zero-order valence-corrected chi connectivity index (χ0v) is 9.85. The van der Waals surface area contributed by atoms with Gasteiger partial charge in [-0.3, -0.25) is 0 Å². The van der Waals surface area contributed by atoms with Crippen molar-refractivity contribution in [3.8, 4) is 5.75 Å². The van der Waals surface area contributed by atoms with Gasteiger partial charge in [-0.15, -0.1) is 11.8 Å². The van der Waals surface area contributed by atoms with Gasteiger partial charge in [0.1, 0.15) is 5.75 Å². The molecule has 1 saturated heterocycles. The first-order chi connectivity index (χ1) is 7.40. The van der Waals surface area contributed by atoms with E-state index in [1.807, 2.05) is 23.9 Å². The monoisotopic (exact) mass is 223 g/mol. The number of benzene rings is 1. The van der Waals surface area contributed by atoms with Crippen LogP contribution >= 0.6 is 11.8 Å². The van der Waals surface area contributed by atoms with Crippen molar-refractivity contribution in [2.45, 2.75) is 11.3 Å². The van der Waals surface area contributed by atoms with E-state index in [2.05, 4.69) is 17.4 Å². The minimum atomic E-state index is 0.896. The van der Waals surface area contributed by atoms with Crippen LogP contribution < -0.4 is 10.1 Å². The maximum Gasteiger partial charge on any atom is 0.132 e. The van der Waals surface area contributed by atoms with Crippen LogP contribution in [0.2, 0.25) is 0 Å². The van der Waals surface area contributed by atoms with Crippen molar-refractivity contribution >= 4 is 11.8 Å². The first kappa shape index (κ1) is 10.8. The van der Waals surface area contributed by atoms with Crippen molar-refractivity contribution in [1.82, 2.24) is 5.32 Å². The van der Waals surface area contributed by atoms with E-state index in [0.717, 1.165) is 11.7 Å². The van der Waals surface area contributed by atoms with Gasteiger partial charge in [0.2, 0.25) is 0 Å². The lowest BCUT2D eigenvalue weighted by molar-refractivity contribution is 0.341. The van der Waals surface area contributed by atoms with E-state index in [4.69, 9.17) is 4.74 Å². The summed E-state index contributed by atoms with van der Waals surface area (Å²) in [5.74, 6) is 3.08. The summed E-state index contributed by atoms with van der Waals surface area (Å²) in [6.07, 6.45) is 1.30. The molecule has 1 aromatic carbocycles. The zero-order chi connectivity index (χ0) is 10.5. The van der Waals surface area contributed by atoms with E-state index >= 15 is 0 Å². The third-order valence-corrected chi connectivity index (χ3v) is 3.81. The molecule has 0 unspecified atom stereocenters. The summed E-state index contributed by atoms with van der Waals surface area (Å²) >= 11 is 1.90. The molecule has 0 saturated carbocycles. The Morgan fingerprint density at radius 3 is 2.87 bits per heavy atom. The van der Waals surface area contributed by atoms with Crippen LogP contribution in [-0.2, 0) is 0 Å². The predicted molar refractivity (Wildman–Crippen MR) is 64.7 cm³/mol. The Bertz CT molecular complexity index is 312. The van der Waals surface area contributed by atoms with E-state index in [1.165, 1.54) is 30.2 Å². The minimum absolute atomic E-state index is 0.896. The molecular weight excluding hydrogens is 206 g/mol. The maximum absolute atomic E-state index is 5.31. The van der Waals surface area contributed by atoms with Crippen LogP contribution in [-0.4, -0.2) is 26.0 Å². The highest BCUT2D eigenvalue weighted by Gasteiger charge is 2.16. The fraction of sp³-hybridized carbons (Fsp3) is 0.500. The molecule has 1 aliphatic heterocycles. The molecule has 0 radical (unpaired) electrons. The molecule has 0 aliphatic carbocycles. The largest absolute Gasteiger partial charge is 0.496 e. The van der Waals surface area contributed by atoms with Gasteiger partial charge in [0.25, 0.3) is 0 Å². The first-order valence-corrected chi connectivity index (χ1v) is 6.35. The molecule has 1 heterocycles. The van der Waals surface area contributed by atoms with Gasteiger partial charge in [0.15, 0.2) is 0 Å². The molecule has 0 spiro atoms. The molecule has 1 aliphatic rings. The summed E-state index contributed by atoms with van der Waals surface area (Å²) < 4.78 is 5.31. The quantitative estimate of drug-likeness (QED) is 0.775. The second-order valence-electron chi connectivity index (χ2n) is 3.81. The topological polar surface area (TPSA) is 21.3 Å². The van der Waals surface area contributed by atoms with Gasteiger partial charge in [-0.1, -0.05) is 12.1 Å². The number of nitrogens with one attached hydrogen (secondary N) is 1. The fourth-order valence-electron chi connectivity index (χ4n) is 1.63. The van der Waals surface area contributed by atoms with Crippen LogP contribution in [0.3, 0.4) is 0 Å². The van der Waals surface area contributed by atoms with Gasteiger partial charge in [-0.05, 0) is 43.3 Å². The molecule has 0 bridgehead atoms. The van der Waals surface area contributed by atoms with Gasteiger partial charge in [0, 0.05) is 4.90 Å². The molecule has 15 heavy (non-hydrogen) atoms. The summed E-state index contributed by atoms with van der Waals surface area (Å²) in [6.45, 7) is 2.40. The van der Waals surface area contributed by atoms with Crippen LogP contribution in [0.15, 0.2) is 29.2 Å². The second kappa shape index (κ2) is 5.42. The summed E-state index contributed by atoms with van der Waals surface area (Å²) in [5.41, 5.74) is 0. The van der Waals surface area contributed by atoms with E-state index in [0.29, 0.717) is 0 Å². The van der Waals surface area contributed by atoms with Crippen molar-refractivity contribution in [2.24, 2.45) is 5.92 Å². The highest BCUT2D eigenvalue weighted by atomic mass is 32.2. The lowest BCUT2D eigenvalue weighted by Crippen LogP contribution is -2.42. The van der Waals surface area contributed by atoms with Crippen LogP contribution in [0.25, 0.3) is 0 Å². The van der Waals surface area contributed by atoms with Crippen molar-refractivity contribution < 1.29 is 4.74 Å². The van der Waals surface area contributed by atoms with Crippen molar-refractivity contribution in [2.75, 3.05) is 26.0 Å². The zero-order valence-electron chi connectivity index (χ0n) is 9.03. The average Bonchev–Trinajstić information content (AvgIpc) is 2.22. The highest BCUT2D eigenvalue weighted by Crippen LogP contribution is 2.29. The Hall–Kier alpha value is -0.670. The van der Waals surface area contributed by atoms with Gasteiger partial charge < -0.3 is 10.1 Å². The van der Waals surface area contributed by atoms with E-state index in [-0.39, 0.29) is 0 Å². The van der Waals surface area contributed by atoms with E-state index in [9.17, 15) is 0 Å². The molecule has 2 rings (SSSR count). The standard InChI is InChI=1S/C12H17NOS/c1-14-11-4-2-3-5-12(11)15-7-6-10-8-13-9-10/h2-5,10,13H,6-9H2,1H3. The van der Waals surface area contributed by atoms with E-state index in [1.54, 1.807) is 7.11 Å². The highest BCUT2D eigenvalue weighted by molar-refractivity contribution is 7.99. The van der Waals surface area contributed by atoms with Gasteiger partial charge in [-0.2, -0.15) is 0 Å². The van der Waals surface area contributed by atoms with Gasteiger partial charge >= 0.3 is 0 Å². The normalized spacial score (nSPS) is 16.1. The Kier molecular flexibility index (Phi) is 3.92. The molecule has 1 N–H and O–H groups in total. The summed E-state index contributed by atoms with van der Waals surface area (Å²) in [6, 6.07) is 8.23. The maximum atomic E-state index is 5.31. The minimum Gasteiger partial charge on any atom is -0.496 e. The van der Waals surface area contributed by atoms with E-state index < -0.39 is 0 Å². The number of para-hydroxylation sites is 1. The fourth-order valence-corrected chi connectivity index (χ4v) is 2.77. The lowest BCUT2D eigenvalue weighted by atomic mass is 10.0. The summed E-state index contributed by atoms with van der Waals surface area (Å²) in [7, 11) is 1.73. The van der Waals surface area contributed by atoms with Crippen molar-refractivity contribution in [1.29, 1.82) is 0 Å². The van der Waals surface area contributed by atoms with Gasteiger partial charge in [-0.25, -0.2) is 0 Å². The Morgan fingerprint density at radius 1 is 1.40 bits per heavy atom. The molecule has 3 heteroatoms. The summed E-state index contributed by atoms with van der Waals surface area (Å²) in [5, 5.41) is 3.30. The number of hydrogen-bond donors (Lipinski definition) is 1. The predicted octanol–water partition coefficient (Wildman–Crippen LogP) is 2.40. The van der Waals surface area contributed by atoms with Gasteiger partial charge in [0.05, 0.1) is 7.11 Å². The van der Waals surface area contributed by atoms with Crippen LogP contribution in [0.4, 0.5) is 0 Å². The Morgan fingerprint density at radius 2 is 2.20 bits per heavy atom. The molecule has 0 amide bonds. The first-order valence-electron chi connectivity index (χ1n) is 5.36. The number of hydrogen-bond acceptors (Lipinski definition) is 3. The second-order valence-corrected chi connectivity index (χ2v) is 4.95. The number of methoxy groups -OCH3 is 1. The molecule has 1 aromatic rings. The number of ether oxygens (including phenoxy) is 1. The van der Waals surface area contributed by atoms with Crippen molar-refractivity contribution in [3.63, 3.8) is 0 Å². The smallest absolute Gasteiger partial charge is 0.132 e. The third-order valence-electron chi connectivity index (χ3n) is 2.72. The Labute approximate surface area is 95.4 Å². The molecule has 82 valence electrons. The van der Waals surface area contributed by atoms with Crippen LogP contribution in [0, 0.1) is 5.92 Å². The van der Waals surface area contributed by atoms with Crippen molar-refractivity contribution in [3.05, 3.63) is 24.3 Å². The average molecular weight is 223 g/mol. The number of rotatable bonds is 5. The van der Waals surface area contributed by atoms with Crippen LogP contribution in [0.1, 0.15) is 6.42 Å². The molecule has 0 atom stereocenters. The lowest BCUT2D eigenvalue weighted by Gasteiger charge is -2.26. The van der Waals surface area contributed by atoms with Crippen LogP contribution in [0.5, 0.6) is 5.75 Å². The number of thioether (sulfide) groups is 1.